The lowest BCUT2D eigenvalue weighted by atomic mass is 10.1. The van der Waals surface area contributed by atoms with Crippen molar-refractivity contribution in [2.75, 3.05) is 31.1 Å². The number of pyridine rings is 1. The van der Waals surface area contributed by atoms with Gasteiger partial charge in [-0.15, -0.1) is 0 Å². The molecule has 1 aliphatic heterocycles. The molecule has 1 N–H and O–H groups in total. The number of anilines is 1. The van der Waals surface area contributed by atoms with E-state index in [1.54, 1.807) is 13.1 Å². The summed E-state index contributed by atoms with van der Waals surface area (Å²) in [5.74, 6) is 1.16. The van der Waals surface area contributed by atoms with Crippen molar-refractivity contribution in [1.82, 2.24) is 15.2 Å². The highest BCUT2D eigenvalue weighted by atomic mass is 16.2. The van der Waals surface area contributed by atoms with Crippen LogP contribution in [0.5, 0.6) is 0 Å². The van der Waals surface area contributed by atoms with Gasteiger partial charge in [-0.3, -0.25) is 9.59 Å². The van der Waals surface area contributed by atoms with Crippen LogP contribution in [0.2, 0.25) is 0 Å². The standard InChI is InChI=1S/C17H26N4O2/c1-13(2)12-16(22)19-14(3)17(23)21-10-8-20(9-11-21)15-6-4-5-7-18-15/h4-7,13-14H,8-12H2,1-3H3,(H,19,22)/t14-/m0/s1. The van der Waals surface area contributed by atoms with Gasteiger partial charge in [-0.05, 0) is 25.0 Å². The van der Waals surface area contributed by atoms with Gasteiger partial charge >= 0.3 is 0 Å². The number of nitrogens with zero attached hydrogens (tertiary/aromatic N) is 3. The Kier molecular flexibility index (Phi) is 5.96. The molecule has 1 saturated heterocycles. The third-order valence-electron chi connectivity index (χ3n) is 3.91. The third-order valence-corrected chi connectivity index (χ3v) is 3.91. The first-order chi connectivity index (χ1) is 11.0. The van der Waals surface area contributed by atoms with Crippen molar-refractivity contribution >= 4 is 17.6 Å². The summed E-state index contributed by atoms with van der Waals surface area (Å²) in [5, 5.41) is 2.80. The molecule has 1 aliphatic rings. The monoisotopic (exact) mass is 318 g/mol. The lowest BCUT2D eigenvalue weighted by molar-refractivity contribution is -0.136. The van der Waals surface area contributed by atoms with Gasteiger partial charge in [-0.1, -0.05) is 19.9 Å². The van der Waals surface area contributed by atoms with Gasteiger partial charge in [0.2, 0.25) is 11.8 Å². The summed E-state index contributed by atoms with van der Waals surface area (Å²) >= 11 is 0. The van der Waals surface area contributed by atoms with Gasteiger partial charge in [0.1, 0.15) is 11.9 Å². The fourth-order valence-electron chi connectivity index (χ4n) is 2.70. The minimum atomic E-state index is -0.470. The number of carbonyl (C=O) groups is 2. The molecule has 2 rings (SSSR count). The van der Waals surface area contributed by atoms with Crippen LogP contribution in [-0.4, -0.2) is 53.9 Å². The van der Waals surface area contributed by atoms with Gasteiger partial charge in [0.25, 0.3) is 0 Å². The van der Waals surface area contributed by atoms with Crippen molar-refractivity contribution < 1.29 is 9.59 Å². The highest BCUT2D eigenvalue weighted by Gasteiger charge is 2.26. The van der Waals surface area contributed by atoms with E-state index in [1.807, 2.05) is 36.9 Å². The van der Waals surface area contributed by atoms with E-state index in [4.69, 9.17) is 0 Å². The molecule has 6 nitrogen and oxygen atoms in total. The maximum absolute atomic E-state index is 12.4. The minimum absolute atomic E-state index is 0.0113. The zero-order chi connectivity index (χ0) is 16.8. The third kappa shape index (κ3) is 4.94. The zero-order valence-electron chi connectivity index (χ0n) is 14.2. The van der Waals surface area contributed by atoms with Crippen molar-refractivity contribution in [1.29, 1.82) is 0 Å². The normalized spacial score (nSPS) is 16.3. The molecule has 23 heavy (non-hydrogen) atoms. The molecule has 0 spiro atoms. The Bertz CT molecular complexity index is 525. The molecule has 0 bridgehead atoms. The van der Waals surface area contributed by atoms with Crippen molar-refractivity contribution in [2.24, 2.45) is 5.92 Å². The number of carbonyl (C=O) groups excluding carboxylic acids is 2. The molecule has 0 radical (unpaired) electrons. The Morgan fingerprint density at radius 2 is 1.87 bits per heavy atom. The first-order valence-corrected chi connectivity index (χ1v) is 8.21. The van der Waals surface area contributed by atoms with Crippen LogP contribution in [0.25, 0.3) is 0 Å². The fraction of sp³-hybridized carbons (Fsp3) is 0.588. The predicted molar refractivity (Wildman–Crippen MR) is 90.1 cm³/mol. The highest BCUT2D eigenvalue weighted by molar-refractivity contribution is 5.87. The van der Waals surface area contributed by atoms with Crippen LogP contribution in [0.3, 0.4) is 0 Å². The molecule has 0 aromatic carbocycles. The summed E-state index contributed by atoms with van der Waals surface area (Å²) in [5.41, 5.74) is 0. The molecule has 126 valence electrons. The van der Waals surface area contributed by atoms with Crippen molar-refractivity contribution in [2.45, 2.75) is 33.2 Å². The number of nitrogens with one attached hydrogen (secondary N) is 1. The van der Waals surface area contributed by atoms with Crippen LogP contribution in [0.4, 0.5) is 5.82 Å². The quantitative estimate of drug-likeness (QED) is 0.888. The predicted octanol–water partition coefficient (Wildman–Crippen LogP) is 1.28. The zero-order valence-corrected chi connectivity index (χ0v) is 14.2. The van der Waals surface area contributed by atoms with Gasteiger partial charge < -0.3 is 15.1 Å². The summed E-state index contributed by atoms with van der Waals surface area (Å²) in [4.78, 5) is 32.6. The summed E-state index contributed by atoms with van der Waals surface area (Å²) < 4.78 is 0. The first-order valence-electron chi connectivity index (χ1n) is 8.21. The van der Waals surface area contributed by atoms with E-state index in [-0.39, 0.29) is 11.8 Å². The molecule has 1 atom stereocenters. The van der Waals surface area contributed by atoms with E-state index in [1.165, 1.54) is 0 Å². The fourth-order valence-corrected chi connectivity index (χ4v) is 2.70. The Morgan fingerprint density at radius 3 is 2.43 bits per heavy atom. The molecule has 0 unspecified atom stereocenters. The molecular formula is C17H26N4O2. The number of piperazine rings is 1. The number of rotatable bonds is 5. The highest BCUT2D eigenvalue weighted by Crippen LogP contribution is 2.13. The van der Waals surface area contributed by atoms with Crippen LogP contribution < -0.4 is 10.2 Å². The van der Waals surface area contributed by atoms with Gasteiger partial charge in [-0.25, -0.2) is 4.98 Å². The second-order valence-corrected chi connectivity index (χ2v) is 6.39. The number of hydrogen-bond donors (Lipinski definition) is 1. The Hall–Kier alpha value is -2.11. The van der Waals surface area contributed by atoms with Crippen LogP contribution in [-0.2, 0) is 9.59 Å². The van der Waals surface area contributed by atoms with E-state index in [2.05, 4.69) is 15.2 Å². The van der Waals surface area contributed by atoms with E-state index < -0.39 is 6.04 Å². The van der Waals surface area contributed by atoms with E-state index in [0.29, 0.717) is 25.4 Å². The Labute approximate surface area is 137 Å². The van der Waals surface area contributed by atoms with Gasteiger partial charge in [0.15, 0.2) is 0 Å². The summed E-state index contributed by atoms with van der Waals surface area (Å²) in [6.45, 7) is 8.56. The van der Waals surface area contributed by atoms with E-state index >= 15 is 0 Å². The van der Waals surface area contributed by atoms with E-state index in [9.17, 15) is 9.59 Å². The number of amides is 2. The average Bonchev–Trinajstić information content (AvgIpc) is 2.54. The second kappa shape index (κ2) is 7.94. The van der Waals surface area contributed by atoms with Crippen molar-refractivity contribution in [3.63, 3.8) is 0 Å². The number of hydrogen-bond acceptors (Lipinski definition) is 4. The van der Waals surface area contributed by atoms with E-state index in [0.717, 1.165) is 18.9 Å². The van der Waals surface area contributed by atoms with Gasteiger partial charge in [-0.2, -0.15) is 0 Å². The van der Waals surface area contributed by atoms with Gasteiger partial charge in [0.05, 0.1) is 0 Å². The molecule has 2 heterocycles. The van der Waals surface area contributed by atoms with Crippen LogP contribution in [0.1, 0.15) is 27.2 Å². The lowest BCUT2D eigenvalue weighted by Crippen LogP contribution is -2.54. The maximum atomic E-state index is 12.4. The summed E-state index contributed by atoms with van der Waals surface area (Å²) in [6.07, 6.45) is 2.23. The molecule has 2 amide bonds. The smallest absolute Gasteiger partial charge is 0.244 e. The molecule has 6 heteroatoms. The topological polar surface area (TPSA) is 65.5 Å². The average molecular weight is 318 g/mol. The van der Waals surface area contributed by atoms with Gasteiger partial charge in [0, 0.05) is 38.8 Å². The SMILES string of the molecule is CC(C)CC(=O)N[C@@H](C)C(=O)N1CCN(c2ccccn2)CC1. The first kappa shape index (κ1) is 17.2. The molecule has 1 fully saturated rings. The van der Waals surface area contributed by atoms with Crippen LogP contribution in [0, 0.1) is 5.92 Å². The minimum Gasteiger partial charge on any atom is -0.353 e. The lowest BCUT2D eigenvalue weighted by Gasteiger charge is -2.36. The summed E-state index contributed by atoms with van der Waals surface area (Å²) in [6, 6.07) is 5.37. The molecule has 0 aliphatic carbocycles. The molecule has 1 aromatic rings. The maximum Gasteiger partial charge on any atom is 0.244 e. The van der Waals surface area contributed by atoms with Crippen molar-refractivity contribution in [3.8, 4) is 0 Å². The second-order valence-electron chi connectivity index (χ2n) is 6.39. The summed E-state index contributed by atoms with van der Waals surface area (Å²) in [7, 11) is 0. The Morgan fingerprint density at radius 1 is 1.17 bits per heavy atom. The van der Waals surface area contributed by atoms with Crippen LogP contribution in [0.15, 0.2) is 24.4 Å². The number of aromatic nitrogens is 1. The molecule has 1 aromatic heterocycles. The Balaban J connectivity index is 1.82. The largest absolute Gasteiger partial charge is 0.353 e. The molecule has 0 saturated carbocycles. The van der Waals surface area contributed by atoms with Crippen molar-refractivity contribution in [3.05, 3.63) is 24.4 Å². The van der Waals surface area contributed by atoms with Crippen LogP contribution >= 0.6 is 0 Å². The molecular weight excluding hydrogens is 292 g/mol.